The van der Waals surface area contributed by atoms with Crippen molar-refractivity contribution in [2.75, 3.05) is 5.75 Å². The van der Waals surface area contributed by atoms with Gasteiger partial charge in [-0.25, -0.2) is 4.98 Å². The van der Waals surface area contributed by atoms with Crippen molar-refractivity contribution in [3.05, 3.63) is 70.2 Å². The third-order valence-corrected chi connectivity index (χ3v) is 4.83. The molecule has 0 aliphatic rings. The van der Waals surface area contributed by atoms with Gasteiger partial charge in [-0.15, -0.1) is 0 Å². The monoisotopic (exact) mass is 347 g/mol. The van der Waals surface area contributed by atoms with Gasteiger partial charge in [0.25, 0.3) is 0 Å². The number of nitrogens with zero attached hydrogens (tertiary/aromatic N) is 1. The zero-order valence-electron chi connectivity index (χ0n) is 11.4. The van der Waals surface area contributed by atoms with Crippen LogP contribution in [0.15, 0.2) is 59.6 Å². The fourth-order valence-electron chi connectivity index (χ4n) is 2.02. The summed E-state index contributed by atoms with van der Waals surface area (Å²) in [5.74, 6) is 0.307. The molecule has 0 saturated heterocycles. The maximum atomic E-state index is 12.2. The Morgan fingerprint density at radius 3 is 2.64 bits per heavy atom. The third kappa shape index (κ3) is 3.43. The van der Waals surface area contributed by atoms with Crippen LogP contribution in [-0.4, -0.2) is 16.5 Å². The van der Waals surface area contributed by atoms with E-state index in [-0.39, 0.29) is 5.78 Å². The van der Waals surface area contributed by atoms with Crippen molar-refractivity contribution in [3.8, 4) is 0 Å². The third-order valence-electron chi connectivity index (χ3n) is 3.17. The molecule has 0 spiro atoms. The van der Waals surface area contributed by atoms with Gasteiger partial charge in [0.2, 0.25) is 0 Å². The highest BCUT2D eigenvalue weighted by atomic mass is 35.5. The lowest BCUT2D eigenvalue weighted by molar-refractivity contribution is 0.102. The highest BCUT2D eigenvalue weighted by Gasteiger charge is 2.09. The lowest BCUT2D eigenvalue weighted by Crippen LogP contribution is -2.02. The maximum absolute atomic E-state index is 12.2. The van der Waals surface area contributed by atoms with Crippen LogP contribution in [0.2, 0.25) is 10.0 Å². The van der Waals surface area contributed by atoms with Crippen LogP contribution in [0.5, 0.6) is 0 Å². The smallest absolute Gasteiger partial charge is 0.173 e. The van der Waals surface area contributed by atoms with E-state index in [2.05, 4.69) is 4.98 Å². The second-order valence-corrected chi connectivity index (χ2v) is 6.49. The number of rotatable bonds is 4. The summed E-state index contributed by atoms with van der Waals surface area (Å²) >= 11 is 13.2. The molecule has 0 atom stereocenters. The SMILES string of the molecule is O=C(CSc1ccc2ccccc2n1)c1ccc(Cl)c(Cl)c1. The molecule has 0 fully saturated rings. The minimum absolute atomic E-state index is 0.00137. The molecule has 0 N–H and O–H groups in total. The Morgan fingerprint density at radius 2 is 1.82 bits per heavy atom. The number of pyridine rings is 1. The number of thioether (sulfide) groups is 1. The molecule has 0 saturated carbocycles. The Bertz CT molecular complexity index is 851. The van der Waals surface area contributed by atoms with Crippen molar-refractivity contribution < 1.29 is 4.79 Å². The number of halogens is 2. The van der Waals surface area contributed by atoms with Crippen molar-refractivity contribution in [1.82, 2.24) is 4.98 Å². The number of para-hydroxylation sites is 1. The highest BCUT2D eigenvalue weighted by Crippen LogP contribution is 2.25. The number of carbonyl (C=O) groups is 1. The molecular formula is C17H11Cl2NOS. The average Bonchev–Trinajstić information content (AvgIpc) is 2.55. The lowest BCUT2D eigenvalue weighted by atomic mass is 10.1. The number of fused-ring (bicyclic) bond motifs is 1. The van der Waals surface area contributed by atoms with Gasteiger partial charge in [-0.3, -0.25) is 4.79 Å². The predicted molar refractivity (Wildman–Crippen MR) is 93.3 cm³/mol. The zero-order valence-corrected chi connectivity index (χ0v) is 13.8. The van der Waals surface area contributed by atoms with E-state index in [1.54, 1.807) is 18.2 Å². The quantitative estimate of drug-likeness (QED) is 0.460. The summed E-state index contributed by atoms with van der Waals surface area (Å²) < 4.78 is 0. The van der Waals surface area contributed by atoms with Gasteiger partial charge < -0.3 is 0 Å². The van der Waals surface area contributed by atoms with E-state index < -0.39 is 0 Å². The standard InChI is InChI=1S/C17H11Cl2NOS/c18-13-7-5-12(9-14(13)19)16(21)10-22-17-8-6-11-3-1-2-4-15(11)20-17/h1-9H,10H2. The first-order valence-corrected chi connectivity index (χ1v) is 8.34. The second-order valence-electron chi connectivity index (χ2n) is 4.68. The van der Waals surface area contributed by atoms with E-state index >= 15 is 0 Å². The van der Waals surface area contributed by atoms with Crippen LogP contribution >= 0.6 is 35.0 Å². The van der Waals surface area contributed by atoms with Crippen LogP contribution in [0.25, 0.3) is 10.9 Å². The minimum atomic E-state index is -0.00137. The number of ketones is 1. The minimum Gasteiger partial charge on any atom is -0.293 e. The molecule has 3 aromatic rings. The summed E-state index contributed by atoms with van der Waals surface area (Å²) in [7, 11) is 0. The Balaban J connectivity index is 1.72. The van der Waals surface area contributed by atoms with Gasteiger partial charge in [0.1, 0.15) is 0 Å². The molecule has 2 nitrogen and oxygen atoms in total. The number of aromatic nitrogens is 1. The molecule has 5 heteroatoms. The molecule has 0 aliphatic heterocycles. The van der Waals surface area contributed by atoms with Gasteiger partial charge >= 0.3 is 0 Å². The summed E-state index contributed by atoms with van der Waals surface area (Å²) in [5, 5.41) is 2.75. The first-order valence-electron chi connectivity index (χ1n) is 6.60. The van der Waals surface area contributed by atoms with Gasteiger partial charge in [-0.05, 0) is 30.3 Å². The molecule has 0 bridgehead atoms. The maximum Gasteiger partial charge on any atom is 0.173 e. The molecule has 0 aliphatic carbocycles. The average molecular weight is 348 g/mol. The van der Waals surface area contributed by atoms with E-state index in [1.807, 2.05) is 36.4 Å². The molecule has 110 valence electrons. The van der Waals surface area contributed by atoms with Crippen molar-refractivity contribution in [3.63, 3.8) is 0 Å². The summed E-state index contributed by atoms with van der Waals surface area (Å²) in [4.78, 5) is 16.7. The van der Waals surface area contributed by atoms with E-state index in [9.17, 15) is 4.79 Å². The van der Waals surface area contributed by atoms with Crippen LogP contribution in [0.4, 0.5) is 0 Å². The molecule has 0 amide bonds. The van der Waals surface area contributed by atoms with E-state index in [4.69, 9.17) is 23.2 Å². The van der Waals surface area contributed by atoms with Crippen molar-refractivity contribution in [1.29, 1.82) is 0 Å². The molecule has 2 aromatic carbocycles. The molecule has 1 heterocycles. The molecular weight excluding hydrogens is 337 g/mol. The van der Waals surface area contributed by atoms with Gasteiger partial charge in [-0.1, -0.05) is 59.2 Å². The molecule has 22 heavy (non-hydrogen) atoms. The first kappa shape index (κ1) is 15.3. The number of hydrogen-bond donors (Lipinski definition) is 0. The highest BCUT2D eigenvalue weighted by molar-refractivity contribution is 7.99. The molecule has 1 aromatic heterocycles. The predicted octanol–water partition coefficient (Wildman–Crippen LogP) is 5.52. The molecule has 3 rings (SSSR count). The summed E-state index contributed by atoms with van der Waals surface area (Å²) in [6.45, 7) is 0. The number of benzene rings is 2. The topological polar surface area (TPSA) is 30.0 Å². The lowest BCUT2D eigenvalue weighted by Gasteiger charge is -2.04. The Morgan fingerprint density at radius 1 is 1.00 bits per heavy atom. The van der Waals surface area contributed by atoms with Crippen LogP contribution < -0.4 is 0 Å². The van der Waals surface area contributed by atoms with Gasteiger partial charge in [0.05, 0.1) is 26.3 Å². The largest absolute Gasteiger partial charge is 0.293 e. The summed E-state index contributed by atoms with van der Waals surface area (Å²) in [6, 6.07) is 16.7. The van der Waals surface area contributed by atoms with E-state index in [0.717, 1.165) is 15.9 Å². The number of hydrogen-bond acceptors (Lipinski definition) is 3. The Hall–Kier alpha value is -1.55. The van der Waals surface area contributed by atoms with Gasteiger partial charge in [-0.2, -0.15) is 0 Å². The van der Waals surface area contributed by atoms with Gasteiger partial charge in [0, 0.05) is 10.9 Å². The summed E-state index contributed by atoms with van der Waals surface area (Å²) in [6.07, 6.45) is 0. The van der Waals surface area contributed by atoms with Crippen LogP contribution in [0.3, 0.4) is 0 Å². The van der Waals surface area contributed by atoms with E-state index in [0.29, 0.717) is 21.4 Å². The van der Waals surface area contributed by atoms with Crippen molar-refractivity contribution in [2.45, 2.75) is 5.03 Å². The first-order chi connectivity index (χ1) is 10.6. The number of carbonyl (C=O) groups excluding carboxylic acids is 1. The number of Topliss-reactive ketones (excluding diaryl/α,β-unsaturated/α-hetero) is 1. The van der Waals surface area contributed by atoms with Gasteiger partial charge in [0.15, 0.2) is 5.78 Å². The zero-order chi connectivity index (χ0) is 15.5. The fraction of sp³-hybridized carbons (Fsp3) is 0.0588. The normalized spacial score (nSPS) is 10.8. The van der Waals surface area contributed by atoms with Crippen molar-refractivity contribution >= 4 is 51.6 Å². The van der Waals surface area contributed by atoms with E-state index in [1.165, 1.54) is 11.8 Å². The Kier molecular flexibility index (Phi) is 4.67. The van der Waals surface area contributed by atoms with Crippen LogP contribution in [0, 0.1) is 0 Å². The van der Waals surface area contributed by atoms with Crippen LogP contribution in [0.1, 0.15) is 10.4 Å². The molecule has 0 radical (unpaired) electrons. The summed E-state index contributed by atoms with van der Waals surface area (Å²) in [5.41, 5.74) is 1.48. The second kappa shape index (κ2) is 6.69. The Labute approximate surface area is 142 Å². The fourth-order valence-corrected chi connectivity index (χ4v) is 3.09. The van der Waals surface area contributed by atoms with Crippen molar-refractivity contribution in [2.24, 2.45) is 0 Å². The van der Waals surface area contributed by atoms with Crippen LogP contribution in [-0.2, 0) is 0 Å². The molecule has 0 unspecified atom stereocenters.